The smallest absolute Gasteiger partial charge is 0.170 e. The van der Waals surface area contributed by atoms with Crippen LogP contribution in [0.4, 0.5) is 0 Å². The molecule has 0 atom stereocenters. The van der Waals surface area contributed by atoms with Crippen molar-refractivity contribution in [3.63, 3.8) is 0 Å². The standard InChI is InChI=1S/C12H17N5/c1-3-7-13-9-12-14-15-16-17(12)11-6-4-5-10(2)8-11/h4-6,8,13H,3,7,9H2,1-2H3. The van der Waals surface area contributed by atoms with Crippen molar-refractivity contribution < 1.29 is 0 Å². The van der Waals surface area contributed by atoms with Crippen molar-refractivity contribution in [2.75, 3.05) is 6.54 Å². The van der Waals surface area contributed by atoms with Gasteiger partial charge in [0.2, 0.25) is 0 Å². The van der Waals surface area contributed by atoms with Gasteiger partial charge in [0.15, 0.2) is 5.82 Å². The normalized spacial score (nSPS) is 10.7. The first-order valence-electron chi connectivity index (χ1n) is 5.86. The van der Waals surface area contributed by atoms with Crippen LogP contribution in [0.15, 0.2) is 24.3 Å². The van der Waals surface area contributed by atoms with E-state index >= 15 is 0 Å². The van der Waals surface area contributed by atoms with Gasteiger partial charge in [-0.25, -0.2) is 0 Å². The molecular weight excluding hydrogens is 214 g/mol. The summed E-state index contributed by atoms with van der Waals surface area (Å²) in [5, 5.41) is 15.1. The SMILES string of the molecule is CCCNCc1nnnn1-c1cccc(C)c1. The number of tetrazole rings is 1. The number of aromatic nitrogens is 4. The summed E-state index contributed by atoms with van der Waals surface area (Å²) in [7, 11) is 0. The van der Waals surface area contributed by atoms with Crippen LogP contribution in [0.3, 0.4) is 0 Å². The average Bonchev–Trinajstić information content (AvgIpc) is 2.78. The maximum Gasteiger partial charge on any atom is 0.170 e. The molecule has 1 heterocycles. The van der Waals surface area contributed by atoms with E-state index in [1.165, 1.54) is 5.56 Å². The van der Waals surface area contributed by atoms with Gasteiger partial charge in [0.25, 0.3) is 0 Å². The van der Waals surface area contributed by atoms with Crippen molar-refractivity contribution in [3.05, 3.63) is 35.7 Å². The molecule has 0 aliphatic rings. The molecule has 0 saturated carbocycles. The highest BCUT2D eigenvalue weighted by molar-refractivity contribution is 5.34. The van der Waals surface area contributed by atoms with E-state index in [-0.39, 0.29) is 0 Å². The Morgan fingerprint density at radius 3 is 3.00 bits per heavy atom. The van der Waals surface area contributed by atoms with E-state index in [1.54, 1.807) is 4.68 Å². The fourth-order valence-corrected chi connectivity index (χ4v) is 1.65. The highest BCUT2D eigenvalue weighted by Crippen LogP contribution is 2.09. The van der Waals surface area contributed by atoms with Gasteiger partial charge in [-0.2, -0.15) is 4.68 Å². The molecule has 1 aromatic heterocycles. The summed E-state index contributed by atoms with van der Waals surface area (Å²) in [6.07, 6.45) is 1.10. The van der Waals surface area contributed by atoms with E-state index in [0.29, 0.717) is 6.54 Å². The lowest BCUT2D eigenvalue weighted by Gasteiger charge is -2.05. The number of hydrogen-bond acceptors (Lipinski definition) is 4. The summed E-state index contributed by atoms with van der Waals surface area (Å²) < 4.78 is 1.77. The Balaban J connectivity index is 2.18. The molecule has 0 radical (unpaired) electrons. The Hall–Kier alpha value is -1.75. The third-order valence-electron chi connectivity index (χ3n) is 2.49. The Morgan fingerprint density at radius 2 is 2.24 bits per heavy atom. The molecule has 17 heavy (non-hydrogen) atoms. The molecular formula is C12H17N5. The van der Waals surface area contributed by atoms with Gasteiger partial charge in [0.05, 0.1) is 12.2 Å². The number of nitrogens with one attached hydrogen (secondary N) is 1. The zero-order valence-electron chi connectivity index (χ0n) is 10.2. The summed E-state index contributed by atoms with van der Waals surface area (Å²) >= 11 is 0. The van der Waals surface area contributed by atoms with Crippen LogP contribution in [0, 0.1) is 6.92 Å². The summed E-state index contributed by atoms with van der Waals surface area (Å²) in [6, 6.07) is 8.14. The summed E-state index contributed by atoms with van der Waals surface area (Å²) in [6.45, 7) is 5.86. The van der Waals surface area contributed by atoms with Crippen LogP contribution in [0.1, 0.15) is 24.7 Å². The first-order chi connectivity index (χ1) is 8.31. The second kappa shape index (κ2) is 5.54. The molecule has 0 aliphatic heterocycles. The Kier molecular flexibility index (Phi) is 3.82. The largest absolute Gasteiger partial charge is 0.310 e. The molecule has 0 aliphatic carbocycles. The van der Waals surface area contributed by atoms with Gasteiger partial charge in [0.1, 0.15) is 0 Å². The molecule has 1 aromatic carbocycles. The maximum atomic E-state index is 4.03. The van der Waals surface area contributed by atoms with E-state index in [2.05, 4.69) is 46.8 Å². The quantitative estimate of drug-likeness (QED) is 0.792. The highest BCUT2D eigenvalue weighted by Gasteiger charge is 2.07. The summed E-state index contributed by atoms with van der Waals surface area (Å²) in [4.78, 5) is 0. The molecule has 0 unspecified atom stereocenters. The predicted molar refractivity (Wildman–Crippen MR) is 65.9 cm³/mol. The minimum absolute atomic E-state index is 0.689. The molecule has 0 amide bonds. The summed E-state index contributed by atoms with van der Waals surface area (Å²) in [5.74, 6) is 0.837. The summed E-state index contributed by atoms with van der Waals surface area (Å²) in [5.41, 5.74) is 2.20. The van der Waals surface area contributed by atoms with Gasteiger partial charge in [0, 0.05) is 0 Å². The maximum absolute atomic E-state index is 4.03. The first-order valence-corrected chi connectivity index (χ1v) is 5.86. The third-order valence-corrected chi connectivity index (χ3v) is 2.49. The minimum Gasteiger partial charge on any atom is -0.310 e. The zero-order chi connectivity index (χ0) is 12.1. The van der Waals surface area contributed by atoms with E-state index < -0.39 is 0 Å². The predicted octanol–water partition coefficient (Wildman–Crippen LogP) is 1.47. The van der Waals surface area contributed by atoms with Gasteiger partial charge in [-0.05, 0) is 48.0 Å². The van der Waals surface area contributed by atoms with E-state index in [0.717, 1.165) is 24.5 Å². The van der Waals surface area contributed by atoms with Crippen LogP contribution in [0.5, 0.6) is 0 Å². The zero-order valence-corrected chi connectivity index (χ0v) is 10.2. The topological polar surface area (TPSA) is 55.6 Å². The second-order valence-electron chi connectivity index (χ2n) is 4.02. The van der Waals surface area contributed by atoms with Crippen molar-refractivity contribution in [3.8, 4) is 5.69 Å². The number of nitrogens with zero attached hydrogens (tertiary/aromatic N) is 4. The monoisotopic (exact) mass is 231 g/mol. The van der Waals surface area contributed by atoms with Crippen molar-refractivity contribution in [1.29, 1.82) is 0 Å². The molecule has 0 bridgehead atoms. The van der Waals surface area contributed by atoms with Crippen molar-refractivity contribution >= 4 is 0 Å². The minimum atomic E-state index is 0.689. The number of rotatable bonds is 5. The molecule has 5 nitrogen and oxygen atoms in total. The van der Waals surface area contributed by atoms with Crippen LogP contribution < -0.4 is 5.32 Å². The molecule has 2 aromatic rings. The number of aryl methyl sites for hydroxylation is 1. The van der Waals surface area contributed by atoms with Crippen LogP contribution in [-0.2, 0) is 6.54 Å². The van der Waals surface area contributed by atoms with Crippen LogP contribution in [0.25, 0.3) is 5.69 Å². The molecule has 90 valence electrons. The second-order valence-corrected chi connectivity index (χ2v) is 4.02. The Bertz CT molecular complexity index is 477. The van der Waals surface area contributed by atoms with E-state index in [1.807, 2.05) is 12.1 Å². The lowest BCUT2D eigenvalue weighted by Crippen LogP contribution is -2.17. The van der Waals surface area contributed by atoms with Crippen molar-refractivity contribution in [1.82, 2.24) is 25.5 Å². The molecule has 1 N–H and O–H groups in total. The molecule has 5 heteroatoms. The highest BCUT2D eigenvalue weighted by atomic mass is 15.5. The fourth-order valence-electron chi connectivity index (χ4n) is 1.65. The Morgan fingerprint density at radius 1 is 1.35 bits per heavy atom. The molecule has 0 saturated heterocycles. The molecule has 2 rings (SSSR count). The van der Waals surface area contributed by atoms with Gasteiger partial charge < -0.3 is 5.32 Å². The van der Waals surface area contributed by atoms with Crippen molar-refractivity contribution in [2.24, 2.45) is 0 Å². The lowest BCUT2D eigenvalue weighted by molar-refractivity contribution is 0.632. The van der Waals surface area contributed by atoms with Gasteiger partial charge >= 0.3 is 0 Å². The van der Waals surface area contributed by atoms with Crippen LogP contribution in [0.2, 0.25) is 0 Å². The lowest BCUT2D eigenvalue weighted by atomic mass is 10.2. The number of hydrogen-bond donors (Lipinski definition) is 1. The van der Waals surface area contributed by atoms with Gasteiger partial charge in [-0.15, -0.1) is 5.10 Å². The van der Waals surface area contributed by atoms with E-state index in [9.17, 15) is 0 Å². The fraction of sp³-hybridized carbons (Fsp3) is 0.417. The van der Waals surface area contributed by atoms with Crippen LogP contribution >= 0.6 is 0 Å². The molecule has 0 spiro atoms. The first kappa shape index (κ1) is 11.7. The third kappa shape index (κ3) is 2.88. The van der Waals surface area contributed by atoms with Gasteiger partial charge in [-0.1, -0.05) is 19.1 Å². The molecule has 0 fully saturated rings. The number of benzene rings is 1. The van der Waals surface area contributed by atoms with Gasteiger partial charge in [-0.3, -0.25) is 0 Å². The Labute approximate surface area is 101 Å². The van der Waals surface area contributed by atoms with Crippen LogP contribution in [-0.4, -0.2) is 26.8 Å². The average molecular weight is 231 g/mol. The van der Waals surface area contributed by atoms with Crippen molar-refractivity contribution in [2.45, 2.75) is 26.8 Å². The van der Waals surface area contributed by atoms with E-state index in [4.69, 9.17) is 0 Å².